The molecule has 0 spiro atoms. The lowest BCUT2D eigenvalue weighted by Gasteiger charge is -2.24. The number of thioether (sulfide) groups is 1. The highest BCUT2D eigenvalue weighted by molar-refractivity contribution is 7.99. The Labute approximate surface area is 101 Å². The summed E-state index contributed by atoms with van der Waals surface area (Å²) in [4.78, 5) is 1.11. The molecule has 1 rings (SSSR count). The van der Waals surface area contributed by atoms with E-state index in [4.69, 9.17) is 11.6 Å². The minimum Gasteiger partial charge on any atom is -0.389 e. The highest BCUT2D eigenvalue weighted by atomic mass is 35.5. The summed E-state index contributed by atoms with van der Waals surface area (Å²) in [6, 6.07) is 7.74. The molecule has 84 valence electrons. The molecule has 0 fully saturated rings. The lowest BCUT2D eigenvalue weighted by molar-refractivity contribution is 0.0572. The van der Waals surface area contributed by atoms with Gasteiger partial charge in [-0.25, -0.2) is 0 Å². The van der Waals surface area contributed by atoms with Crippen LogP contribution in [0.5, 0.6) is 0 Å². The monoisotopic (exact) mass is 244 g/mol. The highest BCUT2D eigenvalue weighted by Crippen LogP contribution is 2.28. The maximum absolute atomic E-state index is 10.1. The van der Waals surface area contributed by atoms with E-state index >= 15 is 0 Å². The van der Waals surface area contributed by atoms with E-state index in [0.717, 1.165) is 28.5 Å². The molecule has 0 atom stereocenters. The summed E-state index contributed by atoms with van der Waals surface area (Å²) < 4.78 is 0. The standard InChI is InChI=1S/C12H17ClOS/c1-3-12(14,4-2)9-15-11-7-5-6-10(13)8-11/h5-8,14H,3-4,9H2,1-2H3. The van der Waals surface area contributed by atoms with E-state index in [1.807, 2.05) is 38.1 Å². The molecule has 3 heteroatoms. The van der Waals surface area contributed by atoms with Crippen molar-refractivity contribution in [2.24, 2.45) is 0 Å². The topological polar surface area (TPSA) is 20.2 Å². The van der Waals surface area contributed by atoms with Crippen molar-refractivity contribution in [2.45, 2.75) is 37.2 Å². The van der Waals surface area contributed by atoms with Crippen LogP contribution in [0.25, 0.3) is 0 Å². The molecule has 1 N–H and O–H groups in total. The quantitative estimate of drug-likeness (QED) is 0.791. The normalized spacial score (nSPS) is 11.7. The Morgan fingerprint density at radius 2 is 2.00 bits per heavy atom. The molecule has 0 aromatic heterocycles. The van der Waals surface area contributed by atoms with Gasteiger partial charge in [0.2, 0.25) is 0 Å². The minimum absolute atomic E-state index is 0.549. The van der Waals surface area contributed by atoms with Gasteiger partial charge in [-0.15, -0.1) is 11.8 Å². The zero-order valence-corrected chi connectivity index (χ0v) is 10.7. The number of benzene rings is 1. The fourth-order valence-electron chi connectivity index (χ4n) is 1.23. The van der Waals surface area contributed by atoms with E-state index in [1.54, 1.807) is 11.8 Å². The first-order chi connectivity index (χ1) is 7.09. The SMILES string of the molecule is CCC(O)(CC)CSc1cccc(Cl)c1. The van der Waals surface area contributed by atoms with Crippen LogP contribution in [0, 0.1) is 0 Å². The molecule has 0 aliphatic heterocycles. The van der Waals surface area contributed by atoms with Crippen molar-refractivity contribution in [3.63, 3.8) is 0 Å². The number of aliphatic hydroxyl groups is 1. The molecule has 0 aliphatic rings. The first kappa shape index (κ1) is 12.9. The van der Waals surface area contributed by atoms with E-state index in [2.05, 4.69) is 0 Å². The molecule has 0 saturated carbocycles. The smallest absolute Gasteiger partial charge is 0.0736 e. The van der Waals surface area contributed by atoms with Crippen LogP contribution in [0.2, 0.25) is 5.02 Å². The molecule has 0 radical (unpaired) electrons. The average Bonchev–Trinajstić information content (AvgIpc) is 2.26. The Bertz CT molecular complexity index is 310. The molecule has 0 heterocycles. The maximum Gasteiger partial charge on any atom is 0.0736 e. The van der Waals surface area contributed by atoms with Gasteiger partial charge < -0.3 is 5.11 Å². The van der Waals surface area contributed by atoms with Crippen molar-refractivity contribution in [3.05, 3.63) is 29.3 Å². The molecular weight excluding hydrogens is 228 g/mol. The minimum atomic E-state index is -0.549. The van der Waals surface area contributed by atoms with Crippen molar-refractivity contribution in [1.82, 2.24) is 0 Å². The van der Waals surface area contributed by atoms with Gasteiger partial charge in [-0.2, -0.15) is 0 Å². The fraction of sp³-hybridized carbons (Fsp3) is 0.500. The molecule has 0 amide bonds. The Balaban J connectivity index is 2.56. The van der Waals surface area contributed by atoms with Gasteiger partial charge in [0.05, 0.1) is 5.60 Å². The zero-order valence-electron chi connectivity index (χ0n) is 9.16. The second kappa shape index (κ2) is 5.78. The number of rotatable bonds is 5. The third-order valence-electron chi connectivity index (χ3n) is 2.62. The van der Waals surface area contributed by atoms with Gasteiger partial charge in [0.25, 0.3) is 0 Å². The summed E-state index contributed by atoms with van der Waals surface area (Å²) in [5.41, 5.74) is -0.549. The molecular formula is C12H17ClOS. The second-order valence-corrected chi connectivity index (χ2v) is 5.16. The van der Waals surface area contributed by atoms with E-state index in [9.17, 15) is 5.11 Å². The molecule has 0 aliphatic carbocycles. The van der Waals surface area contributed by atoms with Gasteiger partial charge in [0.15, 0.2) is 0 Å². The summed E-state index contributed by atoms with van der Waals surface area (Å²) in [5, 5.41) is 10.9. The van der Waals surface area contributed by atoms with Crippen molar-refractivity contribution in [2.75, 3.05) is 5.75 Å². The summed E-state index contributed by atoms with van der Waals surface area (Å²) >= 11 is 7.54. The Morgan fingerprint density at radius 1 is 1.33 bits per heavy atom. The molecule has 15 heavy (non-hydrogen) atoms. The number of halogens is 1. The molecule has 1 aromatic rings. The lowest BCUT2D eigenvalue weighted by atomic mass is 10.0. The van der Waals surface area contributed by atoms with Gasteiger partial charge in [0.1, 0.15) is 0 Å². The summed E-state index contributed by atoms with van der Waals surface area (Å²) in [5.74, 6) is 0.723. The summed E-state index contributed by atoms with van der Waals surface area (Å²) in [6.07, 6.45) is 1.58. The van der Waals surface area contributed by atoms with Crippen molar-refractivity contribution in [3.8, 4) is 0 Å². The molecule has 0 unspecified atom stereocenters. The average molecular weight is 245 g/mol. The summed E-state index contributed by atoms with van der Waals surface area (Å²) in [7, 11) is 0. The fourth-order valence-corrected chi connectivity index (χ4v) is 2.71. The van der Waals surface area contributed by atoms with Gasteiger partial charge >= 0.3 is 0 Å². The lowest BCUT2D eigenvalue weighted by Crippen LogP contribution is -2.29. The van der Waals surface area contributed by atoms with Crippen molar-refractivity contribution >= 4 is 23.4 Å². The third-order valence-corrected chi connectivity index (χ3v) is 4.12. The number of hydrogen-bond acceptors (Lipinski definition) is 2. The summed E-state index contributed by atoms with van der Waals surface area (Å²) in [6.45, 7) is 4.03. The Morgan fingerprint density at radius 3 is 2.53 bits per heavy atom. The van der Waals surface area contributed by atoms with E-state index in [1.165, 1.54) is 0 Å². The van der Waals surface area contributed by atoms with Crippen LogP contribution in [0.4, 0.5) is 0 Å². The van der Waals surface area contributed by atoms with Crippen LogP contribution in [-0.4, -0.2) is 16.5 Å². The zero-order chi connectivity index (χ0) is 11.3. The molecule has 0 saturated heterocycles. The predicted octanol–water partition coefficient (Wildman–Crippen LogP) is 3.98. The van der Waals surface area contributed by atoms with Crippen LogP contribution in [0.15, 0.2) is 29.2 Å². The maximum atomic E-state index is 10.1. The third kappa shape index (κ3) is 4.06. The Hall–Kier alpha value is -0.180. The second-order valence-electron chi connectivity index (χ2n) is 3.68. The van der Waals surface area contributed by atoms with Gasteiger partial charge in [0, 0.05) is 15.7 Å². The molecule has 1 aromatic carbocycles. The van der Waals surface area contributed by atoms with E-state index in [-0.39, 0.29) is 0 Å². The van der Waals surface area contributed by atoms with Crippen molar-refractivity contribution in [1.29, 1.82) is 0 Å². The van der Waals surface area contributed by atoms with E-state index in [0.29, 0.717) is 0 Å². The largest absolute Gasteiger partial charge is 0.389 e. The first-order valence-corrected chi connectivity index (χ1v) is 6.57. The van der Waals surface area contributed by atoms with E-state index < -0.39 is 5.60 Å². The van der Waals surface area contributed by atoms with Gasteiger partial charge in [-0.3, -0.25) is 0 Å². The first-order valence-electron chi connectivity index (χ1n) is 5.20. The number of hydrogen-bond donors (Lipinski definition) is 1. The van der Waals surface area contributed by atoms with Crippen LogP contribution in [0.3, 0.4) is 0 Å². The van der Waals surface area contributed by atoms with Crippen LogP contribution in [0.1, 0.15) is 26.7 Å². The van der Waals surface area contributed by atoms with Crippen LogP contribution >= 0.6 is 23.4 Å². The van der Waals surface area contributed by atoms with Crippen LogP contribution in [-0.2, 0) is 0 Å². The van der Waals surface area contributed by atoms with Gasteiger partial charge in [-0.1, -0.05) is 31.5 Å². The van der Waals surface area contributed by atoms with Gasteiger partial charge in [-0.05, 0) is 31.0 Å². The predicted molar refractivity (Wildman–Crippen MR) is 67.7 cm³/mol. The highest BCUT2D eigenvalue weighted by Gasteiger charge is 2.21. The molecule has 1 nitrogen and oxygen atoms in total. The van der Waals surface area contributed by atoms with Crippen LogP contribution < -0.4 is 0 Å². The Kier molecular flexibility index (Phi) is 4.97. The van der Waals surface area contributed by atoms with Crippen molar-refractivity contribution < 1.29 is 5.11 Å². The molecule has 0 bridgehead atoms.